The number of methoxy groups -OCH3 is 1. The van der Waals surface area contributed by atoms with E-state index in [1.807, 2.05) is 73.7 Å². The molecule has 0 bridgehead atoms. The first-order valence-electron chi connectivity index (χ1n) is 14.7. The lowest BCUT2D eigenvalue weighted by atomic mass is 9.77. The van der Waals surface area contributed by atoms with Gasteiger partial charge in [0.2, 0.25) is 11.8 Å². The standard InChI is InChI=1S/C33H37N3O6/c1-3-17-34-18-7-11-26-27(30(34)38)28-31(39)36(24(21-37)20-22-9-5-4-6-10-22)29-32(40)35(19-8-16-33(28,29)42-26)23-12-14-25(41-2)15-13-23/h4-16,24,26-29,37H,3,17-21H2,1-2H3/t24-,26-,27+,28+,29?,33+/m1/s1. The number of aliphatic hydroxyl groups is 1. The summed E-state index contributed by atoms with van der Waals surface area (Å²) in [5, 5.41) is 10.7. The van der Waals surface area contributed by atoms with E-state index < -0.39 is 35.6 Å². The third-order valence-electron chi connectivity index (χ3n) is 8.98. The van der Waals surface area contributed by atoms with E-state index in [4.69, 9.17) is 9.47 Å². The van der Waals surface area contributed by atoms with Gasteiger partial charge < -0.3 is 29.3 Å². The van der Waals surface area contributed by atoms with Crippen molar-refractivity contribution >= 4 is 23.4 Å². The van der Waals surface area contributed by atoms with Crippen molar-refractivity contribution in [2.24, 2.45) is 11.8 Å². The smallest absolute Gasteiger partial charge is 0.253 e. The van der Waals surface area contributed by atoms with Crippen molar-refractivity contribution in [1.29, 1.82) is 0 Å². The highest BCUT2D eigenvalue weighted by molar-refractivity contribution is 6.06. The molecule has 3 amide bonds. The molecular weight excluding hydrogens is 534 g/mol. The van der Waals surface area contributed by atoms with E-state index in [0.717, 1.165) is 12.0 Å². The summed E-state index contributed by atoms with van der Waals surface area (Å²) in [7, 11) is 1.58. The van der Waals surface area contributed by atoms with Crippen LogP contribution in [0, 0.1) is 11.8 Å². The number of anilines is 1. The highest BCUT2D eigenvalue weighted by Gasteiger charge is 2.72. The van der Waals surface area contributed by atoms with Crippen LogP contribution >= 0.6 is 0 Å². The molecule has 2 saturated heterocycles. The number of fused-ring (bicyclic) bond motifs is 2. The number of ether oxygens (including phenoxy) is 2. The van der Waals surface area contributed by atoms with Crippen LogP contribution in [-0.2, 0) is 25.5 Å². The number of nitrogens with zero attached hydrogens (tertiary/aromatic N) is 3. The first kappa shape index (κ1) is 28.2. The third-order valence-corrected chi connectivity index (χ3v) is 8.98. The topological polar surface area (TPSA) is 99.6 Å². The summed E-state index contributed by atoms with van der Waals surface area (Å²) in [6.45, 7) is 2.97. The van der Waals surface area contributed by atoms with Gasteiger partial charge in [-0.05, 0) is 42.7 Å². The van der Waals surface area contributed by atoms with Gasteiger partial charge in [0.15, 0.2) is 0 Å². The average molecular weight is 572 g/mol. The molecule has 4 heterocycles. The van der Waals surface area contributed by atoms with Crippen LogP contribution in [0.15, 0.2) is 78.9 Å². The summed E-state index contributed by atoms with van der Waals surface area (Å²) in [4.78, 5) is 48.2. The van der Waals surface area contributed by atoms with Crippen molar-refractivity contribution in [2.75, 3.05) is 38.3 Å². The normalized spacial score (nSPS) is 29.2. The van der Waals surface area contributed by atoms with Crippen LogP contribution in [0.1, 0.15) is 18.9 Å². The molecule has 0 radical (unpaired) electrons. The second-order valence-electron chi connectivity index (χ2n) is 11.4. The molecule has 9 nitrogen and oxygen atoms in total. The molecule has 0 saturated carbocycles. The van der Waals surface area contributed by atoms with Crippen LogP contribution in [-0.4, -0.2) is 89.8 Å². The van der Waals surface area contributed by atoms with Crippen LogP contribution < -0.4 is 9.64 Å². The summed E-state index contributed by atoms with van der Waals surface area (Å²) in [5.74, 6) is -1.79. The number of hydrogen-bond donors (Lipinski definition) is 1. The van der Waals surface area contributed by atoms with Crippen molar-refractivity contribution in [3.05, 3.63) is 84.5 Å². The maximum absolute atomic E-state index is 14.7. The van der Waals surface area contributed by atoms with Gasteiger partial charge in [-0.25, -0.2) is 0 Å². The Hall–Kier alpha value is -3.95. The van der Waals surface area contributed by atoms with E-state index in [-0.39, 0.29) is 30.9 Å². The zero-order valence-electron chi connectivity index (χ0n) is 24.0. The predicted molar refractivity (Wildman–Crippen MR) is 157 cm³/mol. The molecule has 4 aliphatic rings. The summed E-state index contributed by atoms with van der Waals surface area (Å²) in [5.41, 5.74) is 0.226. The molecule has 0 aromatic heterocycles. The first-order chi connectivity index (χ1) is 20.4. The summed E-state index contributed by atoms with van der Waals surface area (Å²) < 4.78 is 12.0. The van der Waals surface area contributed by atoms with E-state index in [1.54, 1.807) is 29.0 Å². The number of rotatable bonds is 8. The zero-order chi connectivity index (χ0) is 29.4. The zero-order valence-corrected chi connectivity index (χ0v) is 24.0. The SMILES string of the molecule is CCCN1CC=C[C@H]2O[C@]34C=CCN(c5ccc(OC)cc5)C(=O)C3N([C@@H](CO)Cc3ccccc3)C(=O)[C@@H]4[C@H]2C1=O. The Morgan fingerprint density at radius 3 is 2.45 bits per heavy atom. The molecule has 9 heteroatoms. The summed E-state index contributed by atoms with van der Waals surface area (Å²) in [6.07, 6.45) is 7.99. The molecular formula is C33H37N3O6. The van der Waals surface area contributed by atoms with E-state index in [2.05, 4.69) is 0 Å². The first-order valence-corrected chi connectivity index (χ1v) is 14.7. The van der Waals surface area contributed by atoms with Crippen LogP contribution in [0.4, 0.5) is 5.69 Å². The minimum atomic E-state index is -1.36. The third kappa shape index (κ3) is 4.51. The molecule has 1 N–H and O–H groups in total. The van der Waals surface area contributed by atoms with E-state index in [9.17, 15) is 19.5 Å². The van der Waals surface area contributed by atoms with Crippen LogP contribution in [0.25, 0.3) is 0 Å². The van der Waals surface area contributed by atoms with Crippen LogP contribution in [0.3, 0.4) is 0 Å². The number of carbonyl (C=O) groups excluding carboxylic acids is 3. The van der Waals surface area contributed by atoms with Gasteiger partial charge in [-0.2, -0.15) is 0 Å². The Labute approximate surface area is 246 Å². The van der Waals surface area contributed by atoms with Gasteiger partial charge in [0.05, 0.1) is 37.7 Å². The highest BCUT2D eigenvalue weighted by Crippen LogP contribution is 2.54. The van der Waals surface area contributed by atoms with Gasteiger partial charge in [0.1, 0.15) is 17.4 Å². The van der Waals surface area contributed by atoms with Gasteiger partial charge in [-0.15, -0.1) is 0 Å². The fourth-order valence-electron chi connectivity index (χ4n) is 7.12. The minimum absolute atomic E-state index is 0.136. The molecule has 0 aliphatic carbocycles. The predicted octanol–water partition coefficient (Wildman–Crippen LogP) is 2.59. The van der Waals surface area contributed by atoms with Gasteiger partial charge in [0.25, 0.3) is 5.91 Å². The molecule has 4 aliphatic heterocycles. The molecule has 2 aromatic rings. The Kier molecular flexibility index (Phi) is 7.64. The van der Waals surface area contributed by atoms with E-state index >= 15 is 0 Å². The fraction of sp³-hybridized carbons (Fsp3) is 0.424. The lowest BCUT2D eigenvalue weighted by Crippen LogP contribution is -2.58. The van der Waals surface area contributed by atoms with E-state index in [0.29, 0.717) is 30.9 Å². The molecule has 6 rings (SSSR count). The minimum Gasteiger partial charge on any atom is -0.497 e. The molecule has 42 heavy (non-hydrogen) atoms. The molecule has 2 aromatic carbocycles. The Morgan fingerprint density at radius 1 is 1.00 bits per heavy atom. The molecule has 1 spiro atoms. The van der Waals surface area contributed by atoms with Crippen molar-refractivity contribution < 1.29 is 29.0 Å². The molecule has 220 valence electrons. The van der Waals surface area contributed by atoms with E-state index in [1.165, 1.54) is 4.90 Å². The Morgan fingerprint density at radius 2 is 1.76 bits per heavy atom. The van der Waals surface area contributed by atoms with Crippen molar-refractivity contribution in [3.63, 3.8) is 0 Å². The highest BCUT2D eigenvalue weighted by atomic mass is 16.5. The monoisotopic (exact) mass is 571 g/mol. The molecule has 1 unspecified atom stereocenters. The number of likely N-dealkylation sites (tertiary alicyclic amines) is 1. The lowest BCUT2D eigenvalue weighted by Gasteiger charge is -2.38. The molecule has 2 fully saturated rings. The quantitative estimate of drug-likeness (QED) is 0.489. The van der Waals surface area contributed by atoms with Crippen LogP contribution in [0.5, 0.6) is 5.75 Å². The van der Waals surface area contributed by atoms with Crippen molar-refractivity contribution in [1.82, 2.24) is 9.80 Å². The van der Waals surface area contributed by atoms with Crippen molar-refractivity contribution in [3.8, 4) is 5.75 Å². The second-order valence-corrected chi connectivity index (χ2v) is 11.4. The van der Waals surface area contributed by atoms with Crippen LogP contribution in [0.2, 0.25) is 0 Å². The second kappa shape index (κ2) is 11.4. The number of benzene rings is 2. The average Bonchev–Trinajstić information content (AvgIpc) is 3.34. The van der Waals surface area contributed by atoms with Gasteiger partial charge >= 0.3 is 0 Å². The number of aliphatic hydroxyl groups excluding tert-OH is 1. The van der Waals surface area contributed by atoms with Gasteiger partial charge in [-0.3, -0.25) is 14.4 Å². The fourth-order valence-corrected chi connectivity index (χ4v) is 7.12. The summed E-state index contributed by atoms with van der Waals surface area (Å²) in [6, 6.07) is 15.0. The number of carbonyl (C=O) groups is 3. The lowest BCUT2D eigenvalue weighted by molar-refractivity contribution is -0.146. The number of amides is 3. The summed E-state index contributed by atoms with van der Waals surface area (Å²) >= 11 is 0. The largest absolute Gasteiger partial charge is 0.497 e. The van der Waals surface area contributed by atoms with Crippen molar-refractivity contribution in [2.45, 2.75) is 43.6 Å². The number of hydrogen-bond acceptors (Lipinski definition) is 6. The maximum atomic E-state index is 14.7. The maximum Gasteiger partial charge on any atom is 0.253 e. The van der Waals surface area contributed by atoms with Gasteiger partial charge in [-0.1, -0.05) is 61.6 Å². The molecule has 6 atom stereocenters. The van der Waals surface area contributed by atoms with Gasteiger partial charge in [0, 0.05) is 25.3 Å². The Bertz CT molecular complexity index is 1390. The Balaban J connectivity index is 1.46.